The van der Waals surface area contributed by atoms with Crippen LogP contribution in [0.2, 0.25) is 0 Å². The van der Waals surface area contributed by atoms with Crippen molar-refractivity contribution >= 4 is 11.1 Å². The second-order valence-corrected chi connectivity index (χ2v) is 23.2. The van der Waals surface area contributed by atoms with Gasteiger partial charge in [0.25, 0.3) is 0 Å². The maximum Gasteiger partial charge on any atom is 0.0159 e. The summed E-state index contributed by atoms with van der Waals surface area (Å²) in [6, 6.07) is 51.5. The summed E-state index contributed by atoms with van der Waals surface area (Å²) in [5.74, 6) is 0.915. The molecule has 0 radical (unpaired) electrons. The topological polar surface area (TPSA) is 0 Å². The Balaban J connectivity index is 1.09. The molecule has 0 saturated carbocycles. The van der Waals surface area contributed by atoms with Gasteiger partial charge in [-0.15, -0.1) is 0 Å². The first-order valence-electron chi connectivity index (χ1n) is 25.3. The Labute approximate surface area is 404 Å². The lowest BCUT2D eigenvalue weighted by atomic mass is 9.69. The van der Waals surface area contributed by atoms with Crippen molar-refractivity contribution in [2.75, 3.05) is 0 Å². The Morgan fingerprint density at radius 3 is 1.57 bits per heavy atom. The zero-order valence-corrected chi connectivity index (χ0v) is 41.5. The van der Waals surface area contributed by atoms with Gasteiger partial charge in [-0.2, -0.15) is 0 Å². The van der Waals surface area contributed by atoms with Crippen molar-refractivity contribution in [3.63, 3.8) is 0 Å². The van der Waals surface area contributed by atoms with Crippen LogP contribution in [-0.2, 0) is 21.7 Å². The number of benzene rings is 7. The first-order valence-corrected chi connectivity index (χ1v) is 25.3. The van der Waals surface area contributed by atoms with Crippen LogP contribution in [0.1, 0.15) is 140 Å². The molecular formula is C68H62. The molecule has 0 N–H and O–H groups in total. The molecule has 6 aliphatic rings. The highest BCUT2D eigenvalue weighted by molar-refractivity contribution is 5.98. The monoisotopic (exact) mass is 878 g/mol. The minimum atomic E-state index is -0.116. The third-order valence-corrected chi connectivity index (χ3v) is 18.4. The summed E-state index contributed by atoms with van der Waals surface area (Å²) < 4.78 is 0. The predicted octanol–water partition coefficient (Wildman–Crippen LogP) is 17.7. The fourth-order valence-electron chi connectivity index (χ4n) is 14.8. The second-order valence-electron chi connectivity index (χ2n) is 23.2. The van der Waals surface area contributed by atoms with Crippen LogP contribution < -0.4 is 0 Å². The lowest BCUT2D eigenvalue weighted by Crippen LogP contribution is -2.25. The maximum absolute atomic E-state index is 2.69. The fourth-order valence-corrected chi connectivity index (χ4v) is 14.8. The molecule has 0 nitrogen and oxygen atoms in total. The van der Waals surface area contributed by atoms with Crippen LogP contribution in [0, 0.1) is 19.8 Å². The van der Waals surface area contributed by atoms with Gasteiger partial charge in [0.2, 0.25) is 0 Å². The molecule has 0 heteroatoms. The molecule has 0 spiro atoms. The van der Waals surface area contributed by atoms with E-state index in [1.807, 2.05) is 0 Å². The molecule has 3 atom stereocenters. The average Bonchev–Trinajstić information content (AvgIpc) is 3.91. The van der Waals surface area contributed by atoms with Crippen LogP contribution in [0.4, 0.5) is 0 Å². The summed E-state index contributed by atoms with van der Waals surface area (Å²) in [7, 11) is 0. The Kier molecular flexibility index (Phi) is 8.61. The van der Waals surface area contributed by atoms with Gasteiger partial charge in [-0.3, -0.25) is 0 Å². The van der Waals surface area contributed by atoms with Crippen LogP contribution in [0.25, 0.3) is 55.7 Å². The van der Waals surface area contributed by atoms with Crippen LogP contribution in [0.15, 0.2) is 169 Å². The van der Waals surface area contributed by atoms with Crippen molar-refractivity contribution in [3.05, 3.63) is 236 Å². The van der Waals surface area contributed by atoms with Gasteiger partial charge in [-0.1, -0.05) is 213 Å². The largest absolute Gasteiger partial charge is 0.0760 e. The molecule has 0 fully saturated rings. The highest BCUT2D eigenvalue weighted by Gasteiger charge is 2.46. The van der Waals surface area contributed by atoms with Gasteiger partial charge < -0.3 is 0 Å². The molecule has 0 aliphatic heterocycles. The molecule has 7 aromatic rings. The Bertz CT molecular complexity index is 3510. The van der Waals surface area contributed by atoms with Crippen molar-refractivity contribution < 1.29 is 0 Å². The molecule has 3 unspecified atom stereocenters. The molecule has 0 saturated heterocycles. The summed E-state index contributed by atoms with van der Waals surface area (Å²) in [6.07, 6.45) is 13.8. The number of allylic oxidation sites excluding steroid dienone is 8. The van der Waals surface area contributed by atoms with E-state index in [0.29, 0.717) is 11.8 Å². The first kappa shape index (κ1) is 41.7. The van der Waals surface area contributed by atoms with E-state index in [2.05, 4.69) is 233 Å². The maximum atomic E-state index is 2.69. The Morgan fingerprint density at radius 1 is 0.441 bits per heavy atom. The summed E-state index contributed by atoms with van der Waals surface area (Å²) in [5.41, 5.74) is 32.1. The van der Waals surface area contributed by atoms with Crippen LogP contribution in [-0.4, -0.2) is 0 Å². The molecule has 0 heterocycles. The van der Waals surface area contributed by atoms with Crippen molar-refractivity contribution in [1.29, 1.82) is 0 Å². The molecule has 68 heavy (non-hydrogen) atoms. The number of rotatable bonds is 4. The van der Waals surface area contributed by atoms with E-state index in [1.54, 1.807) is 5.57 Å². The molecular weight excluding hydrogens is 817 g/mol. The molecule has 7 aromatic carbocycles. The van der Waals surface area contributed by atoms with Gasteiger partial charge in [0, 0.05) is 28.1 Å². The van der Waals surface area contributed by atoms with Crippen LogP contribution in [0.5, 0.6) is 0 Å². The average molecular weight is 879 g/mol. The van der Waals surface area contributed by atoms with Crippen LogP contribution in [0.3, 0.4) is 0 Å². The Morgan fingerprint density at radius 2 is 0.956 bits per heavy atom. The highest BCUT2D eigenvalue weighted by Crippen LogP contribution is 2.59. The van der Waals surface area contributed by atoms with E-state index < -0.39 is 0 Å². The highest BCUT2D eigenvalue weighted by atomic mass is 14.5. The van der Waals surface area contributed by atoms with Crippen molar-refractivity contribution in [2.45, 2.75) is 109 Å². The van der Waals surface area contributed by atoms with Crippen LogP contribution >= 0.6 is 0 Å². The first-order chi connectivity index (χ1) is 32.6. The number of hydrogen-bond donors (Lipinski definition) is 0. The summed E-state index contributed by atoms with van der Waals surface area (Å²) in [6.45, 7) is 24.5. The summed E-state index contributed by atoms with van der Waals surface area (Å²) in [5, 5.41) is 0. The second kappa shape index (κ2) is 14.0. The third-order valence-electron chi connectivity index (χ3n) is 18.4. The minimum absolute atomic E-state index is 0.000629. The SMILES string of the molecule is Cc1c(-c2ccc3c(c2)C(C)(C)c2ccccc2-3)c(C2=CC3C(C=C2)c2ccccc2C3(C)C)c(C)c(C2C=CC3=C(C2)C(C)(C)c2ccccc23)c1-c1ccc2c(c1)C(C)(C)c1ccccc1-2. The zero-order chi connectivity index (χ0) is 46.8. The van der Waals surface area contributed by atoms with E-state index in [0.717, 1.165) is 6.42 Å². The lowest BCUT2D eigenvalue weighted by Gasteiger charge is -2.35. The van der Waals surface area contributed by atoms with Gasteiger partial charge in [0.1, 0.15) is 0 Å². The third kappa shape index (κ3) is 5.44. The van der Waals surface area contributed by atoms with E-state index in [9.17, 15) is 0 Å². The molecule has 0 bridgehead atoms. The fraction of sp³-hybridized carbons (Fsp3) is 0.265. The number of hydrogen-bond acceptors (Lipinski definition) is 0. The van der Waals surface area contributed by atoms with E-state index in [4.69, 9.17) is 0 Å². The summed E-state index contributed by atoms with van der Waals surface area (Å²) >= 11 is 0. The van der Waals surface area contributed by atoms with Crippen molar-refractivity contribution in [2.24, 2.45) is 5.92 Å². The van der Waals surface area contributed by atoms with Crippen molar-refractivity contribution in [1.82, 2.24) is 0 Å². The quantitative estimate of drug-likeness (QED) is 0.165. The number of fused-ring (bicyclic) bond motifs is 11. The molecule has 334 valence electrons. The molecule has 0 amide bonds. The normalized spacial score (nSPS) is 21.9. The molecule has 13 rings (SSSR count). The standard InChI is InChI=1S/C68H62/c1-39-61(41-27-31-49-45-19-11-15-23-53(45)65(3,4)57(49)35-41)63(43-29-33-51-47-21-13-17-25-55(47)67(7,8)59(51)37-43)40(2)64(44-30-34-52-48-22-14-18-26-56(48)68(9,10)60(52)38-44)62(39)42-28-32-50-46-20-12-16-24-54(46)66(5,6)58(50)36-42/h11-37,44,51,59H,38H2,1-10H3. The van der Waals surface area contributed by atoms with Gasteiger partial charge in [-0.05, 0) is 166 Å². The van der Waals surface area contributed by atoms with Gasteiger partial charge >= 0.3 is 0 Å². The van der Waals surface area contributed by atoms with E-state index in [-0.39, 0.29) is 27.6 Å². The van der Waals surface area contributed by atoms with Gasteiger partial charge in [-0.25, -0.2) is 0 Å². The van der Waals surface area contributed by atoms with Gasteiger partial charge in [0.15, 0.2) is 0 Å². The smallest absolute Gasteiger partial charge is 0.0159 e. The van der Waals surface area contributed by atoms with Crippen molar-refractivity contribution in [3.8, 4) is 44.5 Å². The molecule has 6 aliphatic carbocycles. The minimum Gasteiger partial charge on any atom is -0.0760 e. The lowest BCUT2D eigenvalue weighted by molar-refractivity contribution is 0.395. The zero-order valence-electron chi connectivity index (χ0n) is 41.5. The van der Waals surface area contributed by atoms with Gasteiger partial charge in [0.05, 0.1) is 0 Å². The van der Waals surface area contributed by atoms with E-state index >= 15 is 0 Å². The van der Waals surface area contributed by atoms with E-state index in [1.165, 1.54) is 122 Å². The predicted molar refractivity (Wildman–Crippen MR) is 288 cm³/mol. The molecule has 0 aromatic heterocycles. The summed E-state index contributed by atoms with van der Waals surface area (Å²) in [4.78, 5) is 0. The Hall–Kier alpha value is -6.50.